The molecule has 1 heterocycles. The molecular weight excluding hydrogens is 248 g/mol. The normalized spacial score (nSPS) is 23.7. The van der Waals surface area contributed by atoms with Crippen molar-refractivity contribution in [3.63, 3.8) is 0 Å². The van der Waals surface area contributed by atoms with Crippen LogP contribution < -0.4 is 10.6 Å². The van der Waals surface area contributed by atoms with E-state index in [-0.39, 0.29) is 11.9 Å². The molecule has 2 N–H and O–H groups in total. The summed E-state index contributed by atoms with van der Waals surface area (Å²) in [6.45, 7) is 4.98. The van der Waals surface area contributed by atoms with Crippen LogP contribution in [0.3, 0.4) is 0 Å². The Labute approximate surface area is 111 Å². The first-order chi connectivity index (χ1) is 8.70. The highest BCUT2D eigenvalue weighted by Crippen LogP contribution is 2.24. The predicted octanol–water partition coefficient (Wildman–Crippen LogP) is 2.28. The molecule has 2 atom stereocenters. The summed E-state index contributed by atoms with van der Waals surface area (Å²) in [5.41, 5.74) is 0. The third kappa shape index (κ3) is 3.19. The van der Waals surface area contributed by atoms with Gasteiger partial charge in [0.25, 0.3) is 5.91 Å². The van der Waals surface area contributed by atoms with E-state index in [4.69, 9.17) is 0 Å². The van der Waals surface area contributed by atoms with E-state index < -0.39 is 0 Å². The van der Waals surface area contributed by atoms with E-state index in [9.17, 15) is 4.79 Å². The number of rotatable bonds is 4. The quantitative estimate of drug-likeness (QED) is 0.879. The third-order valence-electron chi connectivity index (χ3n) is 3.38. The minimum atomic E-state index is -0.0876. The number of nitrogens with zero attached hydrogens (tertiary/aromatic N) is 2. The fourth-order valence-corrected chi connectivity index (χ4v) is 3.01. The fourth-order valence-electron chi connectivity index (χ4n) is 2.30. The maximum Gasteiger partial charge on any atom is 0.282 e. The molecule has 100 valence electrons. The Morgan fingerprint density at radius 2 is 2.17 bits per heavy atom. The maximum absolute atomic E-state index is 12.0. The lowest BCUT2D eigenvalue weighted by molar-refractivity contribution is 0.0909. The third-order valence-corrected chi connectivity index (χ3v) is 4.25. The molecule has 0 spiro atoms. The second kappa shape index (κ2) is 6.13. The van der Waals surface area contributed by atoms with E-state index in [2.05, 4.69) is 27.8 Å². The molecule has 1 aliphatic rings. The number of anilines is 1. The number of carbonyl (C=O) groups is 1. The Balaban J connectivity index is 1.93. The van der Waals surface area contributed by atoms with E-state index in [0.717, 1.165) is 13.0 Å². The SMILES string of the molecule is CCNc1nnc(C(=O)NC2CCCCC2C)s1. The van der Waals surface area contributed by atoms with Gasteiger partial charge in [0, 0.05) is 12.6 Å². The van der Waals surface area contributed by atoms with Crippen LogP contribution in [0.1, 0.15) is 49.3 Å². The summed E-state index contributed by atoms with van der Waals surface area (Å²) in [5.74, 6) is 0.472. The molecule has 1 amide bonds. The topological polar surface area (TPSA) is 66.9 Å². The van der Waals surface area contributed by atoms with Gasteiger partial charge in [0.05, 0.1) is 0 Å². The van der Waals surface area contributed by atoms with E-state index in [1.807, 2.05) is 6.92 Å². The summed E-state index contributed by atoms with van der Waals surface area (Å²) >= 11 is 1.31. The van der Waals surface area contributed by atoms with Crippen LogP contribution >= 0.6 is 11.3 Å². The number of aromatic nitrogens is 2. The van der Waals surface area contributed by atoms with E-state index in [1.165, 1.54) is 30.6 Å². The van der Waals surface area contributed by atoms with Crippen molar-refractivity contribution in [3.8, 4) is 0 Å². The van der Waals surface area contributed by atoms with Gasteiger partial charge in [0.1, 0.15) is 0 Å². The van der Waals surface area contributed by atoms with Crippen molar-refractivity contribution in [1.29, 1.82) is 0 Å². The van der Waals surface area contributed by atoms with Crippen LogP contribution in [0.2, 0.25) is 0 Å². The van der Waals surface area contributed by atoms with Gasteiger partial charge in [-0.1, -0.05) is 31.1 Å². The van der Waals surface area contributed by atoms with Crippen LogP contribution in [-0.2, 0) is 0 Å². The maximum atomic E-state index is 12.0. The standard InChI is InChI=1S/C12H20N4OS/c1-3-13-12-16-15-11(18-12)10(17)14-9-7-5-4-6-8(9)2/h8-9H,3-7H2,1-2H3,(H,13,16)(H,14,17). The highest BCUT2D eigenvalue weighted by molar-refractivity contribution is 7.17. The van der Waals surface area contributed by atoms with E-state index >= 15 is 0 Å². The molecule has 0 saturated heterocycles. The number of hydrogen-bond acceptors (Lipinski definition) is 5. The van der Waals surface area contributed by atoms with Crippen molar-refractivity contribution in [1.82, 2.24) is 15.5 Å². The van der Waals surface area contributed by atoms with Crippen molar-refractivity contribution in [3.05, 3.63) is 5.01 Å². The molecule has 0 aliphatic heterocycles. The molecule has 1 aliphatic carbocycles. The van der Waals surface area contributed by atoms with Crippen molar-refractivity contribution < 1.29 is 4.79 Å². The van der Waals surface area contributed by atoms with Crippen LogP contribution in [0.4, 0.5) is 5.13 Å². The van der Waals surface area contributed by atoms with Crippen LogP contribution in [0, 0.1) is 5.92 Å². The Morgan fingerprint density at radius 3 is 2.89 bits per heavy atom. The number of carbonyl (C=O) groups excluding carboxylic acids is 1. The molecule has 5 nitrogen and oxygen atoms in total. The average Bonchev–Trinajstić information content (AvgIpc) is 2.81. The van der Waals surface area contributed by atoms with Gasteiger partial charge in [-0.05, 0) is 25.7 Å². The lowest BCUT2D eigenvalue weighted by atomic mass is 9.86. The fraction of sp³-hybridized carbons (Fsp3) is 0.750. The summed E-state index contributed by atoms with van der Waals surface area (Å²) in [4.78, 5) is 12.0. The smallest absolute Gasteiger partial charge is 0.282 e. The Hall–Kier alpha value is -1.17. The van der Waals surface area contributed by atoms with Gasteiger partial charge in [-0.25, -0.2) is 0 Å². The first-order valence-electron chi connectivity index (χ1n) is 6.59. The minimum Gasteiger partial charge on any atom is -0.360 e. The Bertz CT molecular complexity index is 407. The second-order valence-electron chi connectivity index (χ2n) is 4.78. The van der Waals surface area contributed by atoms with Gasteiger partial charge in [-0.2, -0.15) is 0 Å². The van der Waals surface area contributed by atoms with Crippen molar-refractivity contribution in [2.24, 2.45) is 5.92 Å². The zero-order valence-electron chi connectivity index (χ0n) is 10.9. The van der Waals surface area contributed by atoms with Crippen LogP contribution in [-0.4, -0.2) is 28.7 Å². The molecule has 0 radical (unpaired) electrons. The van der Waals surface area contributed by atoms with Crippen LogP contribution in [0.25, 0.3) is 0 Å². The molecule has 18 heavy (non-hydrogen) atoms. The van der Waals surface area contributed by atoms with Gasteiger partial charge in [0.2, 0.25) is 10.1 Å². The van der Waals surface area contributed by atoms with Gasteiger partial charge in [-0.15, -0.1) is 10.2 Å². The first kappa shape index (κ1) is 13.3. The average molecular weight is 268 g/mol. The summed E-state index contributed by atoms with van der Waals surface area (Å²) in [7, 11) is 0. The molecule has 1 fully saturated rings. The monoisotopic (exact) mass is 268 g/mol. The summed E-state index contributed by atoms with van der Waals surface area (Å²) < 4.78 is 0. The first-order valence-corrected chi connectivity index (χ1v) is 7.40. The lowest BCUT2D eigenvalue weighted by Gasteiger charge is -2.29. The lowest BCUT2D eigenvalue weighted by Crippen LogP contribution is -2.41. The second-order valence-corrected chi connectivity index (χ2v) is 5.76. The number of hydrogen-bond donors (Lipinski definition) is 2. The van der Waals surface area contributed by atoms with Crippen molar-refractivity contribution in [2.45, 2.75) is 45.6 Å². The molecule has 0 aromatic carbocycles. The molecule has 1 aromatic heterocycles. The van der Waals surface area contributed by atoms with Gasteiger partial charge in [0.15, 0.2) is 0 Å². The number of amides is 1. The van der Waals surface area contributed by atoms with Gasteiger partial charge >= 0.3 is 0 Å². The van der Waals surface area contributed by atoms with E-state index in [0.29, 0.717) is 16.1 Å². The zero-order valence-corrected chi connectivity index (χ0v) is 11.7. The summed E-state index contributed by atoms with van der Waals surface area (Å²) in [6, 6.07) is 0.290. The molecular formula is C12H20N4OS. The minimum absolute atomic E-state index is 0.0876. The largest absolute Gasteiger partial charge is 0.360 e. The number of nitrogens with one attached hydrogen (secondary N) is 2. The van der Waals surface area contributed by atoms with Crippen molar-refractivity contribution >= 4 is 22.4 Å². The molecule has 2 rings (SSSR count). The Kier molecular flexibility index (Phi) is 4.52. The van der Waals surface area contributed by atoms with Crippen molar-refractivity contribution in [2.75, 3.05) is 11.9 Å². The molecule has 0 bridgehead atoms. The molecule has 6 heteroatoms. The van der Waals surface area contributed by atoms with Crippen LogP contribution in [0.15, 0.2) is 0 Å². The summed E-state index contributed by atoms with van der Waals surface area (Å²) in [6.07, 6.45) is 4.75. The van der Waals surface area contributed by atoms with E-state index in [1.54, 1.807) is 0 Å². The summed E-state index contributed by atoms with van der Waals surface area (Å²) in [5, 5.41) is 15.2. The molecule has 1 aromatic rings. The predicted molar refractivity (Wildman–Crippen MR) is 73.0 cm³/mol. The zero-order chi connectivity index (χ0) is 13.0. The van der Waals surface area contributed by atoms with Crippen LogP contribution in [0.5, 0.6) is 0 Å². The Morgan fingerprint density at radius 1 is 1.39 bits per heavy atom. The molecule has 2 unspecified atom stereocenters. The molecule has 1 saturated carbocycles. The highest BCUT2D eigenvalue weighted by Gasteiger charge is 2.24. The highest BCUT2D eigenvalue weighted by atomic mass is 32.1. The van der Waals surface area contributed by atoms with Gasteiger partial charge < -0.3 is 10.6 Å². The van der Waals surface area contributed by atoms with Gasteiger partial charge in [-0.3, -0.25) is 4.79 Å².